The summed E-state index contributed by atoms with van der Waals surface area (Å²) in [6.45, 7) is 4.72. The molecule has 0 heterocycles. The zero-order valence-corrected chi connectivity index (χ0v) is 16.4. The van der Waals surface area contributed by atoms with Crippen molar-refractivity contribution in [3.05, 3.63) is 53.6 Å². The summed E-state index contributed by atoms with van der Waals surface area (Å²) >= 11 is 0. The Morgan fingerprint density at radius 2 is 1.78 bits per heavy atom. The van der Waals surface area contributed by atoms with Gasteiger partial charge in [-0.3, -0.25) is 4.79 Å². The summed E-state index contributed by atoms with van der Waals surface area (Å²) in [5.74, 6) is 0.189. The van der Waals surface area contributed by atoms with E-state index in [4.69, 9.17) is 9.47 Å². The fourth-order valence-electron chi connectivity index (χ4n) is 2.34. The summed E-state index contributed by atoms with van der Waals surface area (Å²) in [4.78, 5) is 12.6. The highest BCUT2D eigenvalue weighted by Crippen LogP contribution is 2.26. The van der Waals surface area contributed by atoms with E-state index in [0.29, 0.717) is 36.8 Å². The quantitative estimate of drug-likeness (QED) is 0.640. The van der Waals surface area contributed by atoms with E-state index in [0.717, 1.165) is 5.56 Å². The molecule has 0 unspecified atom stereocenters. The van der Waals surface area contributed by atoms with E-state index >= 15 is 0 Å². The molecular formula is C19H24N2O5S. The van der Waals surface area contributed by atoms with Crippen molar-refractivity contribution in [3.8, 4) is 5.75 Å². The van der Waals surface area contributed by atoms with Crippen molar-refractivity contribution in [2.75, 3.05) is 32.2 Å². The van der Waals surface area contributed by atoms with Gasteiger partial charge in [0.05, 0.1) is 17.2 Å². The zero-order chi connectivity index (χ0) is 19.9. The summed E-state index contributed by atoms with van der Waals surface area (Å²) in [5.41, 5.74) is 1.87. The predicted octanol–water partition coefficient (Wildman–Crippen LogP) is 2.57. The summed E-state index contributed by atoms with van der Waals surface area (Å²) in [6.07, 6.45) is 0. The van der Waals surface area contributed by atoms with Crippen LogP contribution in [0.4, 0.5) is 5.69 Å². The number of methoxy groups -OCH3 is 1. The highest BCUT2D eigenvalue weighted by molar-refractivity contribution is 7.89. The number of anilines is 1. The Bertz CT molecular complexity index is 879. The third-order valence-electron chi connectivity index (χ3n) is 3.69. The molecule has 2 aromatic rings. The maximum absolute atomic E-state index is 12.5. The Kier molecular flexibility index (Phi) is 7.35. The molecule has 0 aliphatic heterocycles. The second-order valence-corrected chi connectivity index (χ2v) is 7.59. The van der Waals surface area contributed by atoms with Gasteiger partial charge in [-0.15, -0.1) is 0 Å². The zero-order valence-electron chi connectivity index (χ0n) is 15.6. The molecule has 0 atom stereocenters. The smallest absolute Gasteiger partial charge is 0.255 e. The maximum atomic E-state index is 12.5. The fraction of sp³-hybridized carbons (Fsp3) is 0.316. The topological polar surface area (TPSA) is 93.7 Å². The van der Waals surface area contributed by atoms with Crippen LogP contribution < -0.4 is 14.8 Å². The Balaban J connectivity index is 2.15. The number of nitrogens with one attached hydrogen (secondary N) is 2. The summed E-state index contributed by atoms with van der Waals surface area (Å²) in [5, 5.41) is 2.79. The van der Waals surface area contributed by atoms with Gasteiger partial charge in [-0.2, -0.15) is 0 Å². The SMILES string of the molecule is CCNS(=O)(=O)c1ccc(C(=O)Nc2ccc(C)cc2OCCOC)cc1. The van der Waals surface area contributed by atoms with E-state index in [9.17, 15) is 13.2 Å². The van der Waals surface area contributed by atoms with Gasteiger partial charge in [0, 0.05) is 19.2 Å². The van der Waals surface area contributed by atoms with Crippen LogP contribution in [0.5, 0.6) is 5.75 Å². The van der Waals surface area contributed by atoms with Crippen LogP contribution in [0, 0.1) is 6.92 Å². The third-order valence-corrected chi connectivity index (χ3v) is 5.25. The lowest BCUT2D eigenvalue weighted by Gasteiger charge is -2.13. The second kappa shape index (κ2) is 9.50. The molecule has 0 spiro atoms. The molecule has 0 aromatic heterocycles. The number of hydrogen-bond acceptors (Lipinski definition) is 5. The van der Waals surface area contributed by atoms with Gasteiger partial charge in [-0.1, -0.05) is 13.0 Å². The van der Waals surface area contributed by atoms with Gasteiger partial charge < -0.3 is 14.8 Å². The van der Waals surface area contributed by atoms with Gasteiger partial charge >= 0.3 is 0 Å². The highest BCUT2D eigenvalue weighted by atomic mass is 32.2. The Hall–Kier alpha value is -2.42. The van der Waals surface area contributed by atoms with Crippen LogP contribution in [0.2, 0.25) is 0 Å². The van der Waals surface area contributed by atoms with Gasteiger partial charge in [0.15, 0.2) is 0 Å². The van der Waals surface area contributed by atoms with Crippen molar-refractivity contribution in [2.24, 2.45) is 0 Å². The molecule has 2 N–H and O–H groups in total. The number of aryl methyl sites for hydroxylation is 1. The molecular weight excluding hydrogens is 368 g/mol. The van der Waals surface area contributed by atoms with Crippen LogP contribution in [-0.4, -0.2) is 41.2 Å². The molecule has 0 fully saturated rings. The van der Waals surface area contributed by atoms with Crippen LogP contribution in [0.15, 0.2) is 47.4 Å². The van der Waals surface area contributed by atoms with Gasteiger partial charge in [0.25, 0.3) is 5.91 Å². The van der Waals surface area contributed by atoms with Crippen molar-refractivity contribution in [1.82, 2.24) is 4.72 Å². The average molecular weight is 392 g/mol. The second-order valence-electron chi connectivity index (χ2n) is 5.82. The van der Waals surface area contributed by atoms with Gasteiger partial charge in [0.1, 0.15) is 12.4 Å². The molecule has 2 aromatic carbocycles. The summed E-state index contributed by atoms with van der Waals surface area (Å²) in [6, 6.07) is 11.2. The van der Waals surface area contributed by atoms with Crippen LogP contribution >= 0.6 is 0 Å². The normalized spacial score (nSPS) is 11.2. The monoisotopic (exact) mass is 392 g/mol. The first-order chi connectivity index (χ1) is 12.9. The number of carbonyl (C=O) groups is 1. The number of ether oxygens (including phenoxy) is 2. The lowest BCUT2D eigenvalue weighted by atomic mass is 10.2. The minimum Gasteiger partial charge on any atom is -0.489 e. The van der Waals surface area contributed by atoms with Crippen molar-refractivity contribution in [3.63, 3.8) is 0 Å². The van der Waals surface area contributed by atoms with Crippen LogP contribution in [0.1, 0.15) is 22.8 Å². The van der Waals surface area contributed by atoms with Gasteiger partial charge in [-0.25, -0.2) is 13.1 Å². The van der Waals surface area contributed by atoms with E-state index in [1.165, 1.54) is 24.3 Å². The largest absolute Gasteiger partial charge is 0.489 e. The number of carbonyl (C=O) groups excluding carboxylic acids is 1. The first kappa shape index (κ1) is 20.9. The standard InChI is InChI=1S/C19H24N2O5S/c1-4-20-27(23,24)16-8-6-15(7-9-16)19(22)21-17-10-5-14(2)13-18(17)26-12-11-25-3/h5-10,13,20H,4,11-12H2,1-3H3,(H,21,22). The van der Waals surface area contributed by atoms with Gasteiger partial charge in [-0.05, 0) is 48.9 Å². The minimum atomic E-state index is -3.55. The number of amides is 1. The lowest BCUT2D eigenvalue weighted by molar-refractivity contribution is 0.102. The molecule has 27 heavy (non-hydrogen) atoms. The number of hydrogen-bond donors (Lipinski definition) is 2. The molecule has 0 aliphatic carbocycles. The minimum absolute atomic E-state index is 0.111. The molecule has 2 rings (SSSR count). The Morgan fingerprint density at radius 3 is 2.41 bits per heavy atom. The third kappa shape index (κ3) is 5.78. The van der Waals surface area contributed by atoms with Gasteiger partial charge in [0.2, 0.25) is 10.0 Å². The number of rotatable bonds is 9. The maximum Gasteiger partial charge on any atom is 0.255 e. The number of sulfonamides is 1. The molecule has 146 valence electrons. The fourth-order valence-corrected chi connectivity index (χ4v) is 3.38. The average Bonchev–Trinajstić information content (AvgIpc) is 2.64. The van der Waals surface area contributed by atoms with E-state index in [2.05, 4.69) is 10.0 Å². The number of benzene rings is 2. The van der Waals surface area contributed by atoms with E-state index in [-0.39, 0.29) is 10.8 Å². The Morgan fingerprint density at radius 1 is 1.07 bits per heavy atom. The molecule has 0 aliphatic rings. The molecule has 8 heteroatoms. The molecule has 1 amide bonds. The molecule has 0 radical (unpaired) electrons. The lowest BCUT2D eigenvalue weighted by Crippen LogP contribution is -2.23. The van der Waals surface area contributed by atoms with Crippen LogP contribution in [0.25, 0.3) is 0 Å². The molecule has 0 saturated carbocycles. The van der Waals surface area contributed by atoms with Crippen molar-refractivity contribution < 1.29 is 22.7 Å². The predicted molar refractivity (Wildman–Crippen MR) is 104 cm³/mol. The molecule has 7 nitrogen and oxygen atoms in total. The van der Waals surface area contributed by atoms with Crippen LogP contribution in [-0.2, 0) is 14.8 Å². The first-order valence-corrected chi connectivity index (χ1v) is 9.99. The van der Waals surface area contributed by atoms with E-state index in [1.807, 2.05) is 19.1 Å². The Labute approximate surface area is 159 Å². The summed E-state index contributed by atoms with van der Waals surface area (Å²) in [7, 11) is -1.96. The van der Waals surface area contributed by atoms with E-state index in [1.54, 1.807) is 20.1 Å². The highest BCUT2D eigenvalue weighted by Gasteiger charge is 2.15. The van der Waals surface area contributed by atoms with Crippen LogP contribution in [0.3, 0.4) is 0 Å². The van der Waals surface area contributed by atoms with Crippen molar-refractivity contribution in [2.45, 2.75) is 18.7 Å². The summed E-state index contributed by atoms with van der Waals surface area (Å²) < 4.78 is 37.0. The first-order valence-electron chi connectivity index (χ1n) is 8.51. The van der Waals surface area contributed by atoms with Crippen molar-refractivity contribution in [1.29, 1.82) is 0 Å². The van der Waals surface area contributed by atoms with E-state index < -0.39 is 10.0 Å². The molecule has 0 bridgehead atoms. The van der Waals surface area contributed by atoms with Crippen molar-refractivity contribution >= 4 is 21.6 Å². The molecule has 0 saturated heterocycles.